The highest BCUT2D eigenvalue weighted by atomic mass is 16.5. The summed E-state index contributed by atoms with van der Waals surface area (Å²) in [5, 5.41) is 0. The summed E-state index contributed by atoms with van der Waals surface area (Å²) in [5.41, 5.74) is 2.82. The van der Waals surface area contributed by atoms with Crippen molar-refractivity contribution in [2.45, 2.75) is 45.4 Å². The summed E-state index contributed by atoms with van der Waals surface area (Å²) in [6.07, 6.45) is 0.227. The number of hydrogen-bond acceptors (Lipinski definition) is 4. The number of carbonyl (C=O) groups is 2. The van der Waals surface area contributed by atoms with E-state index in [0.29, 0.717) is 19.5 Å². The Morgan fingerprint density at radius 1 is 1.14 bits per heavy atom. The van der Waals surface area contributed by atoms with E-state index in [2.05, 4.69) is 0 Å². The second-order valence-corrected chi connectivity index (χ2v) is 7.74. The number of likely N-dealkylation sites (tertiary alicyclic amines) is 1. The molecule has 1 unspecified atom stereocenters. The van der Waals surface area contributed by atoms with Crippen molar-refractivity contribution in [2.24, 2.45) is 0 Å². The van der Waals surface area contributed by atoms with Crippen LogP contribution in [-0.2, 0) is 27.4 Å². The molecule has 6 nitrogen and oxygen atoms in total. The highest BCUT2D eigenvalue weighted by molar-refractivity contribution is 5.82. The van der Waals surface area contributed by atoms with Gasteiger partial charge in [-0.3, -0.25) is 9.59 Å². The molecular formula is C23H25N3O3. The Morgan fingerprint density at radius 3 is 2.62 bits per heavy atom. The first-order chi connectivity index (χ1) is 14.0. The summed E-state index contributed by atoms with van der Waals surface area (Å²) in [6.45, 7) is 4.95. The van der Waals surface area contributed by atoms with E-state index in [1.54, 1.807) is 0 Å². The molecular weight excluding hydrogens is 366 g/mol. The number of carbonyl (C=O) groups excluding carboxylic acids is 2. The van der Waals surface area contributed by atoms with E-state index >= 15 is 0 Å². The van der Waals surface area contributed by atoms with E-state index in [1.807, 2.05) is 77.9 Å². The third-order valence-corrected chi connectivity index (χ3v) is 5.13. The summed E-state index contributed by atoms with van der Waals surface area (Å²) in [6, 6.07) is 17.7. The average Bonchev–Trinajstić information content (AvgIpc) is 3.23. The van der Waals surface area contributed by atoms with Crippen LogP contribution in [0.25, 0.3) is 11.0 Å². The van der Waals surface area contributed by atoms with Crippen LogP contribution in [0.3, 0.4) is 0 Å². The predicted molar refractivity (Wildman–Crippen MR) is 110 cm³/mol. The van der Waals surface area contributed by atoms with E-state index in [0.717, 1.165) is 22.4 Å². The first kappa shape index (κ1) is 19.2. The molecule has 3 aromatic rings. The minimum Gasteiger partial charge on any atom is -0.462 e. The third kappa shape index (κ3) is 4.16. The zero-order valence-electron chi connectivity index (χ0n) is 16.7. The molecule has 1 atom stereocenters. The normalized spacial score (nSPS) is 16.7. The van der Waals surface area contributed by atoms with Crippen molar-refractivity contribution >= 4 is 22.9 Å². The topological polar surface area (TPSA) is 64.4 Å². The number of esters is 1. The fraction of sp³-hybridized carbons (Fsp3) is 0.348. The molecule has 0 bridgehead atoms. The number of fused-ring (bicyclic) bond motifs is 1. The Balaban J connectivity index is 1.61. The fourth-order valence-electron chi connectivity index (χ4n) is 3.90. The molecule has 1 aliphatic rings. The van der Waals surface area contributed by atoms with Crippen LogP contribution in [0.15, 0.2) is 54.6 Å². The van der Waals surface area contributed by atoms with Crippen LogP contribution in [0.1, 0.15) is 37.6 Å². The smallest absolute Gasteiger partial charge is 0.326 e. The lowest BCUT2D eigenvalue weighted by molar-refractivity contribution is -0.148. The van der Waals surface area contributed by atoms with Gasteiger partial charge in [-0.15, -0.1) is 0 Å². The third-order valence-electron chi connectivity index (χ3n) is 5.13. The standard InChI is InChI=1S/C23H25N3O3/c1-16(2)29-22(28)15-26-20-11-7-6-10-19(20)24-23(26)18-12-21(27)25(14-18)13-17-8-4-3-5-9-17/h3-11,16,18H,12-15H2,1-2H3. The van der Waals surface area contributed by atoms with Crippen molar-refractivity contribution in [2.75, 3.05) is 6.54 Å². The van der Waals surface area contributed by atoms with E-state index in [9.17, 15) is 9.59 Å². The minimum absolute atomic E-state index is 0.0505. The number of nitrogens with zero attached hydrogens (tertiary/aromatic N) is 3. The van der Waals surface area contributed by atoms with Gasteiger partial charge < -0.3 is 14.2 Å². The summed E-state index contributed by atoms with van der Waals surface area (Å²) in [4.78, 5) is 31.7. The molecule has 0 N–H and O–H groups in total. The van der Waals surface area contributed by atoms with Gasteiger partial charge in [-0.25, -0.2) is 4.98 Å². The maximum atomic E-state index is 12.7. The molecule has 2 aromatic carbocycles. The SMILES string of the molecule is CC(C)OC(=O)Cn1c(C2CC(=O)N(Cc3ccccc3)C2)nc2ccccc21. The van der Waals surface area contributed by atoms with Crippen LogP contribution in [-0.4, -0.2) is 39.0 Å². The zero-order valence-corrected chi connectivity index (χ0v) is 16.7. The number of ether oxygens (including phenoxy) is 1. The summed E-state index contributed by atoms with van der Waals surface area (Å²) < 4.78 is 7.25. The molecule has 0 saturated carbocycles. The number of aromatic nitrogens is 2. The molecule has 1 fully saturated rings. The molecule has 29 heavy (non-hydrogen) atoms. The Labute approximate surface area is 170 Å². The molecule has 0 spiro atoms. The Kier molecular flexibility index (Phi) is 5.34. The molecule has 1 aromatic heterocycles. The van der Waals surface area contributed by atoms with Crippen molar-refractivity contribution in [3.8, 4) is 0 Å². The second kappa shape index (κ2) is 8.07. The van der Waals surface area contributed by atoms with Crippen molar-refractivity contribution in [1.82, 2.24) is 14.5 Å². The Hall–Kier alpha value is -3.15. The van der Waals surface area contributed by atoms with Gasteiger partial charge in [0, 0.05) is 25.4 Å². The lowest BCUT2D eigenvalue weighted by Crippen LogP contribution is -2.25. The first-order valence-electron chi connectivity index (χ1n) is 9.97. The summed E-state index contributed by atoms with van der Waals surface area (Å²) >= 11 is 0. The lowest BCUT2D eigenvalue weighted by Gasteiger charge is -2.17. The van der Waals surface area contributed by atoms with Gasteiger partial charge in [0.05, 0.1) is 17.1 Å². The maximum absolute atomic E-state index is 12.7. The first-order valence-corrected chi connectivity index (χ1v) is 9.97. The van der Waals surface area contributed by atoms with Gasteiger partial charge in [-0.2, -0.15) is 0 Å². The molecule has 4 rings (SSSR count). The van der Waals surface area contributed by atoms with Crippen LogP contribution < -0.4 is 0 Å². The monoisotopic (exact) mass is 391 g/mol. The number of amides is 1. The Bertz CT molecular complexity index is 1030. The van der Waals surface area contributed by atoms with Crippen molar-refractivity contribution in [3.05, 3.63) is 66.0 Å². The van der Waals surface area contributed by atoms with Crippen LogP contribution >= 0.6 is 0 Å². The fourth-order valence-corrected chi connectivity index (χ4v) is 3.90. The molecule has 0 aliphatic carbocycles. The molecule has 1 amide bonds. The molecule has 0 radical (unpaired) electrons. The van der Waals surface area contributed by atoms with Gasteiger partial charge in [0.1, 0.15) is 12.4 Å². The molecule has 1 saturated heterocycles. The average molecular weight is 391 g/mol. The highest BCUT2D eigenvalue weighted by Gasteiger charge is 2.34. The maximum Gasteiger partial charge on any atom is 0.326 e. The number of rotatable bonds is 6. The van der Waals surface area contributed by atoms with E-state index in [4.69, 9.17) is 9.72 Å². The molecule has 6 heteroatoms. The van der Waals surface area contributed by atoms with Gasteiger partial charge >= 0.3 is 5.97 Å². The highest BCUT2D eigenvalue weighted by Crippen LogP contribution is 2.31. The number of hydrogen-bond donors (Lipinski definition) is 0. The zero-order chi connectivity index (χ0) is 20.4. The summed E-state index contributed by atoms with van der Waals surface area (Å²) in [5.74, 6) is 0.540. The quantitative estimate of drug-likeness (QED) is 0.603. The van der Waals surface area contributed by atoms with Gasteiger partial charge in [0.15, 0.2) is 0 Å². The van der Waals surface area contributed by atoms with Crippen LogP contribution in [0, 0.1) is 0 Å². The van der Waals surface area contributed by atoms with Gasteiger partial charge in [0.2, 0.25) is 5.91 Å². The molecule has 2 heterocycles. The molecule has 150 valence electrons. The van der Waals surface area contributed by atoms with E-state index < -0.39 is 0 Å². The summed E-state index contributed by atoms with van der Waals surface area (Å²) in [7, 11) is 0. The van der Waals surface area contributed by atoms with Crippen molar-refractivity contribution in [1.29, 1.82) is 0 Å². The van der Waals surface area contributed by atoms with Crippen LogP contribution in [0.5, 0.6) is 0 Å². The largest absolute Gasteiger partial charge is 0.462 e. The van der Waals surface area contributed by atoms with E-state index in [1.165, 1.54) is 0 Å². The molecule has 1 aliphatic heterocycles. The van der Waals surface area contributed by atoms with Gasteiger partial charge in [-0.1, -0.05) is 42.5 Å². The van der Waals surface area contributed by atoms with Crippen molar-refractivity contribution < 1.29 is 14.3 Å². The van der Waals surface area contributed by atoms with Crippen molar-refractivity contribution in [3.63, 3.8) is 0 Å². The van der Waals surface area contributed by atoms with E-state index in [-0.39, 0.29) is 30.4 Å². The van der Waals surface area contributed by atoms with Gasteiger partial charge in [-0.05, 0) is 31.5 Å². The lowest BCUT2D eigenvalue weighted by atomic mass is 10.1. The Morgan fingerprint density at radius 2 is 1.86 bits per heavy atom. The number of imidazole rings is 1. The second-order valence-electron chi connectivity index (χ2n) is 7.74. The minimum atomic E-state index is -0.296. The predicted octanol–water partition coefficient (Wildman–Crippen LogP) is 3.50. The van der Waals surface area contributed by atoms with Crippen LogP contribution in [0.2, 0.25) is 0 Å². The number of benzene rings is 2. The van der Waals surface area contributed by atoms with Gasteiger partial charge in [0.25, 0.3) is 0 Å². The van der Waals surface area contributed by atoms with Crippen LogP contribution in [0.4, 0.5) is 0 Å². The number of para-hydroxylation sites is 2.